The Bertz CT molecular complexity index is 1000. The van der Waals surface area contributed by atoms with Crippen molar-refractivity contribution in [3.05, 3.63) is 59.1 Å². The van der Waals surface area contributed by atoms with E-state index in [1.54, 1.807) is 22.4 Å². The van der Waals surface area contributed by atoms with Crippen LogP contribution >= 0.6 is 23.1 Å². The second-order valence-corrected chi connectivity index (χ2v) is 7.38. The zero-order valence-electron chi connectivity index (χ0n) is 13.3. The number of benzene rings is 2. The van der Waals surface area contributed by atoms with Gasteiger partial charge in [-0.1, -0.05) is 35.5 Å². The Kier molecular flexibility index (Phi) is 5.69. The quantitative estimate of drug-likeness (QED) is 0.501. The maximum Gasteiger partial charge on any atom is 0.249 e. The molecule has 1 aromatic heterocycles. The number of aromatic nitrogens is 1. The molecule has 0 aliphatic carbocycles. The minimum Gasteiger partial charge on any atom is -0.305 e. The summed E-state index contributed by atoms with van der Waals surface area (Å²) in [6.07, 6.45) is 5.75. The summed E-state index contributed by atoms with van der Waals surface area (Å²) in [6.45, 7) is 0.288. The van der Waals surface area contributed by atoms with E-state index in [1.165, 1.54) is 23.5 Å². The first-order chi connectivity index (χ1) is 12.2. The van der Waals surface area contributed by atoms with Crippen molar-refractivity contribution in [3.63, 3.8) is 0 Å². The lowest BCUT2D eigenvalue weighted by Crippen LogP contribution is -2.16. The van der Waals surface area contributed by atoms with E-state index >= 15 is 0 Å². The van der Waals surface area contributed by atoms with Crippen molar-refractivity contribution in [1.82, 2.24) is 4.57 Å². The summed E-state index contributed by atoms with van der Waals surface area (Å²) in [5.74, 6) is 2.68. The Hall–Kier alpha value is -2.36. The van der Waals surface area contributed by atoms with Crippen LogP contribution in [0.15, 0.2) is 58.4 Å². The van der Waals surface area contributed by atoms with Crippen LogP contribution in [-0.2, 0) is 11.3 Å². The minimum absolute atomic E-state index is 0.207. The molecule has 0 N–H and O–H groups in total. The first kappa shape index (κ1) is 17.5. The molecule has 126 valence electrons. The van der Waals surface area contributed by atoms with Crippen molar-refractivity contribution in [3.8, 4) is 12.3 Å². The first-order valence-corrected chi connectivity index (χ1v) is 9.45. The van der Waals surface area contributed by atoms with Gasteiger partial charge in [-0.3, -0.25) is 4.79 Å². The van der Waals surface area contributed by atoms with Gasteiger partial charge in [-0.2, -0.15) is 4.99 Å². The molecule has 0 aliphatic heterocycles. The van der Waals surface area contributed by atoms with E-state index in [2.05, 4.69) is 10.9 Å². The molecule has 3 aromatic rings. The minimum atomic E-state index is -0.321. The van der Waals surface area contributed by atoms with E-state index in [1.807, 2.05) is 30.3 Å². The maximum atomic E-state index is 13.4. The molecule has 0 bridgehead atoms. The molecule has 0 atom stereocenters. The summed E-state index contributed by atoms with van der Waals surface area (Å²) < 4.78 is 15.9. The van der Waals surface area contributed by atoms with Gasteiger partial charge in [0, 0.05) is 17.1 Å². The molecule has 0 radical (unpaired) electrons. The molecule has 3 rings (SSSR count). The van der Waals surface area contributed by atoms with Crippen LogP contribution in [0.5, 0.6) is 0 Å². The van der Waals surface area contributed by atoms with Crippen LogP contribution in [0, 0.1) is 18.2 Å². The molecular weight excluding hydrogens is 355 g/mol. The number of fused-ring (bicyclic) bond motifs is 1. The SMILES string of the molecule is C#CCn1c(=NC(=O)CCSc2ccccc2)sc2cc(F)ccc21. The number of nitrogens with zero attached hydrogens (tertiary/aromatic N) is 2. The predicted molar refractivity (Wildman–Crippen MR) is 101 cm³/mol. The maximum absolute atomic E-state index is 13.4. The number of terminal acetylenes is 1. The second kappa shape index (κ2) is 8.15. The molecule has 3 nitrogen and oxygen atoms in total. The van der Waals surface area contributed by atoms with Crippen molar-refractivity contribution in [2.24, 2.45) is 4.99 Å². The third kappa shape index (κ3) is 4.38. The van der Waals surface area contributed by atoms with Crippen LogP contribution in [-0.4, -0.2) is 16.2 Å². The lowest BCUT2D eigenvalue weighted by atomic mass is 10.3. The van der Waals surface area contributed by atoms with Crippen molar-refractivity contribution in [1.29, 1.82) is 0 Å². The number of hydrogen-bond acceptors (Lipinski definition) is 3. The summed E-state index contributed by atoms with van der Waals surface area (Å²) in [6, 6.07) is 14.4. The van der Waals surface area contributed by atoms with E-state index in [9.17, 15) is 9.18 Å². The smallest absolute Gasteiger partial charge is 0.249 e. The molecular formula is C19H15FN2OS2. The molecule has 0 spiro atoms. The lowest BCUT2D eigenvalue weighted by Gasteiger charge is -2.00. The zero-order valence-corrected chi connectivity index (χ0v) is 14.9. The number of rotatable bonds is 5. The van der Waals surface area contributed by atoms with Gasteiger partial charge in [-0.25, -0.2) is 4.39 Å². The lowest BCUT2D eigenvalue weighted by molar-refractivity contribution is -0.117. The van der Waals surface area contributed by atoms with Crippen LogP contribution in [0.1, 0.15) is 6.42 Å². The fourth-order valence-electron chi connectivity index (χ4n) is 2.31. The summed E-state index contributed by atoms with van der Waals surface area (Å²) in [5.41, 5.74) is 0.787. The summed E-state index contributed by atoms with van der Waals surface area (Å²) >= 11 is 2.88. The first-order valence-electron chi connectivity index (χ1n) is 7.65. The monoisotopic (exact) mass is 370 g/mol. The molecule has 0 saturated heterocycles. The van der Waals surface area contributed by atoms with Gasteiger partial charge >= 0.3 is 0 Å². The molecule has 2 aromatic carbocycles. The molecule has 25 heavy (non-hydrogen) atoms. The normalized spacial score (nSPS) is 11.6. The Morgan fingerprint density at radius 1 is 1.28 bits per heavy atom. The standard InChI is InChI=1S/C19H15FN2OS2/c1-2-11-22-16-9-8-14(20)13-17(16)25-19(22)21-18(23)10-12-24-15-6-4-3-5-7-15/h1,3-9,13H,10-12H2. The Labute approximate surface area is 153 Å². The molecule has 0 unspecified atom stereocenters. The third-order valence-electron chi connectivity index (χ3n) is 3.44. The number of hydrogen-bond donors (Lipinski definition) is 0. The van der Waals surface area contributed by atoms with Gasteiger partial charge in [0.2, 0.25) is 5.91 Å². The highest BCUT2D eigenvalue weighted by atomic mass is 32.2. The molecule has 1 heterocycles. The number of halogens is 1. The van der Waals surface area contributed by atoms with E-state index in [-0.39, 0.29) is 18.3 Å². The molecule has 1 amide bonds. The van der Waals surface area contributed by atoms with Crippen LogP contribution < -0.4 is 4.80 Å². The van der Waals surface area contributed by atoms with Gasteiger partial charge in [0.1, 0.15) is 5.82 Å². The number of carbonyl (C=O) groups is 1. The van der Waals surface area contributed by atoms with Gasteiger partial charge in [-0.15, -0.1) is 18.2 Å². The molecule has 0 fully saturated rings. The van der Waals surface area contributed by atoms with Gasteiger partial charge in [0.05, 0.1) is 16.8 Å². The van der Waals surface area contributed by atoms with Crippen molar-refractivity contribution in [2.45, 2.75) is 17.9 Å². The van der Waals surface area contributed by atoms with Crippen LogP contribution in [0.3, 0.4) is 0 Å². The molecule has 0 aliphatic rings. The summed E-state index contributed by atoms with van der Waals surface area (Å²) in [4.78, 5) is 18.0. The topological polar surface area (TPSA) is 34.4 Å². The van der Waals surface area contributed by atoms with Gasteiger partial charge in [0.15, 0.2) is 4.80 Å². The number of carbonyl (C=O) groups excluding carboxylic acids is 1. The largest absolute Gasteiger partial charge is 0.305 e. The summed E-state index contributed by atoms with van der Waals surface area (Å²) in [7, 11) is 0. The zero-order chi connectivity index (χ0) is 17.6. The fraction of sp³-hybridized carbons (Fsp3) is 0.158. The Morgan fingerprint density at radius 3 is 2.84 bits per heavy atom. The van der Waals surface area contributed by atoms with Gasteiger partial charge in [0.25, 0.3) is 0 Å². The van der Waals surface area contributed by atoms with Crippen molar-refractivity contribution in [2.75, 3.05) is 5.75 Å². The number of amides is 1. The average molecular weight is 370 g/mol. The average Bonchev–Trinajstić information content (AvgIpc) is 2.92. The molecule has 6 heteroatoms. The van der Waals surface area contributed by atoms with Crippen LogP contribution in [0.25, 0.3) is 10.2 Å². The van der Waals surface area contributed by atoms with E-state index in [0.29, 0.717) is 17.0 Å². The highest BCUT2D eigenvalue weighted by Gasteiger charge is 2.08. The second-order valence-electron chi connectivity index (χ2n) is 5.20. The number of thiazole rings is 1. The highest BCUT2D eigenvalue weighted by Crippen LogP contribution is 2.19. The molecule has 0 saturated carbocycles. The highest BCUT2D eigenvalue weighted by molar-refractivity contribution is 7.99. The predicted octanol–water partition coefficient (Wildman–Crippen LogP) is 4.08. The van der Waals surface area contributed by atoms with Gasteiger partial charge < -0.3 is 4.57 Å². The summed E-state index contributed by atoms with van der Waals surface area (Å²) in [5, 5.41) is 0. The number of thioether (sulfide) groups is 1. The Balaban J connectivity index is 1.78. The van der Waals surface area contributed by atoms with Crippen LogP contribution in [0.4, 0.5) is 4.39 Å². The third-order valence-corrected chi connectivity index (χ3v) is 5.50. The van der Waals surface area contributed by atoms with Crippen molar-refractivity contribution < 1.29 is 9.18 Å². The van der Waals surface area contributed by atoms with Crippen LogP contribution in [0.2, 0.25) is 0 Å². The van der Waals surface area contributed by atoms with Crippen molar-refractivity contribution >= 4 is 39.2 Å². The Morgan fingerprint density at radius 2 is 2.08 bits per heavy atom. The van der Waals surface area contributed by atoms with E-state index < -0.39 is 0 Å². The fourth-order valence-corrected chi connectivity index (χ4v) is 4.25. The van der Waals surface area contributed by atoms with Gasteiger partial charge in [-0.05, 0) is 30.3 Å². The van der Waals surface area contributed by atoms with E-state index in [4.69, 9.17) is 6.42 Å². The van der Waals surface area contributed by atoms with E-state index in [0.717, 1.165) is 15.1 Å².